The van der Waals surface area contributed by atoms with Gasteiger partial charge in [-0.3, -0.25) is 0 Å². The number of rotatable bonds is 9. The van der Waals surface area contributed by atoms with Gasteiger partial charge in [-0.1, -0.05) is 42.5 Å². The van der Waals surface area contributed by atoms with Crippen molar-refractivity contribution in [1.29, 1.82) is 0 Å². The van der Waals surface area contributed by atoms with Crippen molar-refractivity contribution in [2.75, 3.05) is 28.8 Å². The fraction of sp³-hybridized carbons (Fsp3) is 0.179. The van der Waals surface area contributed by atoms with Gasteiger partial charge in [0.05, 0.1) is 16.8 Å². The van der Waals surface area contributed by atoms with Crippen molar-refractivity contribution in [2.45, 2.75) is 12.3 Å². The first-order chi connectivity index (χ1) is 18.2. The van der Waals surface area contributed by atoms with Crippen LogP contribution in [0.2, 0.25) is 0 Å². The molecule has 0 aliphatic heterocycles. The Bertz CT molecular complexity index is 1670. The van der Waals surface area contributed by atoms with E-state index in [2.05, 4.69) is 43.4 Å². The number of hydrogen-bond acceptors (Lipinski definition) is 8. The quantitative estimate of drug-likeness (QED) is 0.244. The summed E-state index contributed by atoms with van der Waals surface area (Å²) in [4.78, 5) is 15.8. The smallest absolute Gasteiger partial charge is 0.229 e. The molecule has 0 saturated heterocycles. The van der Waals surface area contributed by atoms with Gasteiger partial charge in [0.15, 0.2) is 9.84 Å². The molecule has 0 saturated carbocycles. The van der Waals surface area contributed by atoms with Crippen LogP contribution in [0.4, 0.5) is 29.1 Å². The second-order valence-electron chi connectivity index (χ2n) is 9.20. The van der Waals surface area contributed by atoms with Gasteiger partial charge in [0.2, 0.25) is 11.9 Å². The molecule has 0 atom stereocenters. The zero-order valence-corrected chi connectivity index (χ0v) is 23.5. The molecule has 0 bridgehead atoms. The summed E-state index contributed by atoms with van der Waals surface area (Å²) in [5.74, 6) is 1.97. The van der Waals surface area contributed by atoms with Gasteiger partial charge in [-0.25, -0.2) is 18.4 Å². The van der Waals surface area contributed by atoms with Gasteiger partial charge in [0.1, 0.15) is 5.82 Å². The number of fused-ring (bicyclic) bond motifs is 1. The summed E-state index contributed by atoms with van der Waals surface area (Å²) >= 11 is 0. The normalized spacial score (nSPS) is 11.2. The number of imidazole rings is 1. The lowest BCUT2D eigenvalue weighted by Gasteiger charge is -2.19. The zero-order valence-electron chi connectivity index (χ0n) is 21.9. The Kier molecular flexibility index (Phi) is 8.37. The first-order valence-electron chi connectivity index (χ1n) is 12.1. The van der Waals surface area contributed by atoms with Crippen LogP contribution in [0.5, 0.6) is 0 Å². The number of benzene rings is 3. The molecule has 2 N–H and O–H groups in total. The van der Waals surface area contributed by atoms with Crippen LogP contribution in [-0.2, 0) is 29.2 Å². The van der Waals surface area contributed by atoms with Crippen molar-refractivity contribution < 1.29 is 8.42 Å². The van der Waals surface area contributed by atoms with E-state index in [1.807, 2.05) is 67.5 Å². The van der Waals surface area contributed by atoms with E-state index in [0.29, 0.717) is 18.3 Å². The largest absolute Gasteiger partial charge is 0.352 e. The Morgan fingerprint density at radius 3 is 2.38 bits per heavy atom. The van der Waals surface area contributed by atoms with Crippen molar-refractivity contribution in [2.24, 2.45) is 7.05 Å². The molecule has 2 aromatic heterocycles. The molecule has 0 radical (unpaired) electrons. The highest BCUT2D eigenvalue weighted by atomic mass is 35.5. The van der Waals surface area contributed by atoms with E-state index >= 15 is 0 Å². The highest BCUT2D eigenvalue weighted by molar-refractivity contribution is 7.89. The van der Waals surface area contributed by atoms with Crippen molar-refractivity contribution in [3.05, 3.63) is 96.2 Å². The number of nitrogens with one attached hydrogen (secondary N) is 2. The third-order valence-corrected chi connectivity index (χ3v) is 7.03. The number of hydrogen-bond donors (Lipinski definition) is 2. The van der Waals surface area contributed by atoms with E-state index < -0.39 is 9.84 Å². The minimum Gasteiger partial charge on any atom is -0.352 e. The lowest BCUT2D eigenvalue weighted by atomic mass is 10.2. The molecule has 0 unspecified atom stereocenters. The van der Waals surface area contributed by atoms with Crippen LogP contribution < -0.4 is 15.5 Å². The Morgan fingerprint density at radius 1 is 0.923 bits per heavy atom. The van der Waals surface area contributed by atoms with Crippen LogP contribution in [0.25, 0.3) is 11.0 Å². The molecule has 9 nitrogen and oxygen atoms in total. The molecule has 5 aromatic rings. The molecule has 0 aliphatic rings. The van der Waals surface area contributed by atoms with Crippen LogP contribution in [0, 0.1) is 0 Å². The summed E-state index contributed by atoms with van der Waals surface area (Å²) in [6.45, 7) is 0.696. The van der Waals surface area contributed by atoms with E-state index in [1.165, 1.54) is 11.8 Å². The average Bonchev–Trinajstić information content (AvgIpc) is 3.22. The predicted molar refractivity (Wildman–Crippen MR) is 160 cm³/mol. The topological polar surface area (TPSA) is 105 Å². The number of halogens is 1. The van der Waals surface area contributed by atoms with Gasteiger partial charge in [-0.2, -0.15) is 4.98 Å². The molecule has 202 valence electrons. The fourth-order valence-electron chi connectivity index (χ4n) is 4.18. The third-order valence-electron chi connectivity index (χ3n) is 6.17. The van der Waals surface area contributed by atoms with E-state index in [4.69, 9.17) is 4.98 Å². The van der Waals surface area contributed by atoms with Crippen molar-refractivity contribution in [1.82, 2.24) is 19.5 Å². The van der Waals surface area contributed by atoms with Gasteiger partial charge in [-0.15, -0.1) is 12.4 Å². The van der Waals surface area contributed by atoms with Gasteiger partial charge < -0.3 is 20.1 Å². The summed E-state index contributed by atoms with van der Waals surface area (Å²) in [6.07, 6.45) is 2.92. The van der Waals surface area contributed by atoms with Crippen molar-refractivity contribution in [3.8, 4) is 0 Å². The van der Waals surface area contributed by atoms with Crippen LogP contribution in [0.1, 0.15) is 11.1 Å². The average molecular weight is 564 g/mol. The Labute approximate surface area is 234 Å². The Balaban J connectivity index is 0.00000353. The first kappa shape index (κ1) is 27.9. The van der Waals surface area contributed by atoms with Crippen molar-refractivity contribution in [3.63, 3.8) is 0 Å². The number of anilines is 5. The Morgan fingerprint density at radius 2 is 1.67 bits per heavy atom. The molecular formula is C28H30ClN7O2S. The first-order valence-corrected chi connectivity index (χ1v) is 14.2. The standard InChI is InChI=1S/C28H29N7O2S.ClH/c1-34(26-15-16-29-27(33-26)31-22-11-9-21(10-12-22)19-38(3,36)37)23-13-14-25-24(17-23)32-28(35(25)2)30-18-20-7-5-4-6-8-20;/h4-17H,18-19H2,1-3H3,(H,30,32)(H,29,31,33);1H. The van der Waals surface area contributed by atoms with E-state index in [0.717, 1.165) is 33.9 Å². The highest BCUT2D eigenvalue weighted by Crippen LogP contribution is 2.28. The maximum Gasteiger partial charge on any atom is 0.229 e. The fourth-order valence-corrected chi connectivity index (χ4v) is 4.97. The number of aryl methyl sites for hydroxylation is 1. The zero-order chi connectivity index (χ0) is 26.7. The minimum absolute atomic E-state index is 0. The van der Waals surface area contributed by atoms with Gasteiger partial charge in [0.25, 0.3) is 0 Å². The predicted octanol–water partition coefficient (Wildman–Crippen LogP) is 5.45. The molecule has 39 heavy (non-hydrogen) atoms. The van der Waals surface area contributed by atoms with Crippen LogP contribution >= 0.6 is 12.4 Å². The maximum atomic E-state index is 11.5. The second kappa shape index (κ2) is 11.7. The molecule has 0 amide bonds. The minimum atomic E-state index is -3.08. The van der Waals surface area contributed by atoms with Crippen LogP contribution in [-0.4, -0.2) is 41.2 Å². The summed E-state index contributed by atoms with van der Waals surface area (Å²) in [5.41, 5.74) is 5.55. The third kappa shape index (κ3) is 6.84. The van der Waals surface area contributed by atoms with Crippen LogP contribution in [0.3, 0.4) is 0 Å². The molecule has 0 aliphatic carbocycles. The van der Waals surface area contributed by atoms with Gasteiger partial charge in [-0.05, 0) is 47.5 Å². The lowest BCUT2D eigenvalue weighted by molar-refractivity contribution is 0.601. The molecule has 0 fully saturated rings. The molecule has 11 heteroatoms. The van der Waals surface area contributed by atoms with E-state index in [1.54, 1.807) is 18.3 Å². The summed E-state index contributed by atoms with van der Waals surface area (Å²) in [7, 11) is 0.871. The Hall–Kier alpha value is -4.15. The molecule has 2 heterocycles. The van der Waals surface area contributed by atoms with E-state index in [9.17, 15) is 8.42 Å². The lowest BCUT2D eigenvalue weighted by Crippen LogP contribution is -2.12. The summed E-state index contributed by atoms with van der Waals surface area (Å²) < 4.78 is 25.1. The van der Waals surface area contributed by atoms with Crippen LogP contribution in [0.15, 0.2) is 85.1 Å². The maximum absolute atomic E-state index is 11.5. The molecule has 3 aromatic carbocycles. The molecule has 5 rings (SSSR count). The van der Waals surface area contributed by atoms with Gasteiger partial charge >= 0.3 is 0 Å². The molecular weight excluding hydrogens is 534 g/mol. The van der Waals surface area contributed by atoms with Crippen molar-refractivity contribution >= 4 is 62.4 Å². The van der Waals surface area contributed by atoms with E-state index in [-0.39, 0.29) is 18.2 Å². The number of nitrogens with zero attached hydrogens (tertiary/aromatic N) is 5. The second-order valence-corrected chi connectivity index (χ2v) is 11.3. The van der Waals surface area contributed by atoms with Gasteiger partial charge in [0, 0.05) is 44.5 Å². The number of sulfone groups is 1. The summed E-state index contributed by atoms with van der Waals surface area (Å²) in [5, 5.41) is 6.61. The SMILES string of the molecule is CN(c1ccc2c(c1)nc(NCc1ccccc1)n2C)c1ccnc(Nc2ccc(CS(C)(=O)=O)cc2)n1.Cl. The highest BCUT2D eigenvalue weighted by Gasteiger charge is 2.13. The molecule has 0 spiro atoms. The monoisotopic (exact) mass is 563 g/mol. The number of aromatic nitrogens is 4. The summed E-state index contributed by atoms with van der Waals surface area (Å²) in [6, 6.07) is 25.4.